The van der Waals surface area contributed by atoms with Crippen molar-refractivity contribution in [2.45, 2.75) is 60.8 Å². The van der Waals surface area contributed by atoms with E-state index in [0.717, 1.165) is 56.6 Å². The average molecular weight is 709 g/mol. The van der Waals surface area contributed by atoms with Crippen molar-refractivity contribution in [2.75, 3.05) is 0 Å². The predicted octanol–water partition coefficient (Wildman–Crippen LogP) is 10.3. The van der Waals surface area contributed by atoms with Crippen LogP contribution in [-0.4, -0.2) is 19.3 Å². The van der Waals surface area contributed by atoms with Crippen LogP contribution in [0.5, 0.6) is 11.5 Å². The molecule has 0 unspecified atom stereocenters. The Morgan fingerprint density at radius 3 is 2.28 bits per heavy atom. The minimum absolute atomic E-state index is 0. The molecular formula is C41H38N4OPd. The van der Waals surface area contributed by atoms with Gasteiger partial charge in [0.15, 0.2) is 0 Å². The number of fused-ring (bicyclic) bond motifs is 3. The predicted molar refractivity (Wildman–Crippen MR) is 188 cm³/mol. The van der Waals surface area contributed by atoms with Crippen LogP contribution in [0.25, 0.3) is 44.4 Å². The molecule has 3 heterocycles. The molecule has 5 nitrogen and oxygen atoms in total. The van der Waals surface area contributed by atoms with E-state index in [2.05, 4.69) is 137 Å². The van der Waals surface area contributed by atoms with Gasteiger partial charge in [0.2, 0.25) is 0 Å². The van der Waals surface area contributed by atoms with Gasteiger partial charge in [-0.2, -0.15) is 11.2 Å². The summed E-state index contributed by atoms with van der Waals surface area (Å²) >= 11 is 0. The summed E-state index contributed by atoms with van der Waals surface area (Å²) in [4.78, 5) is 4.72. The normalized spacial score (nSPS) is 11.4. The summed E-state index contributed by atoms with van der Waals surface area (Å²) in [5, 5.41) is 7.34. The second kappa shape index (κ2) is 13.0. The minimum atomic E-state index is 0. The quantitative estimate of drug-likeness (QED) is 0.122. The number of hydrogen-bond acceptors (Lipinski definition) is 3. The van der Waals surface area contributed by atoms with Gasteiger partial charge in [0.25, 0.3) is 0 Å². The van der Waals surface area contributed by atoms with Gasteiger partial charge in [-0.15, -0.1) is 41.3 Å². The third-order valence-corrected chi connectivity index (χ3v) is 8.88. The maximum atomic E-state index is 6.60. The third-order valence-electron chi connectivity index (χ3n) is 8.88. The van der Waals surface area contributed by atoms with Crippen LogP contribution < -0.4 is 4.74 Å². The molecule has 7 rings (SSSR count). The van der Waals surface area contributed by atoms with E-state index in [1.807, 2.05) is 18.3 Å². The van der Waals surface area contributed by atoms with Gasteiger partial charge in [-0.25, -0.2) is 4.98 Å². The van der Waals surface area contributed by atoms with Gasteiger partial charge in [0, 0.05) is 34.5 Å². The summed E-state index contributed by atoms with van der Waals surface area (Å²) < 4.78 is 10.8. The molecule has 0 radical (unpaired) electrons. The number of hydrogen-bond donors (Lipinski definition) is 0. The summed E-state index contributed by atoms with van der Waals surface area (Å²) in [6.45, 7) is 15.1. The molecule has 4 aromatic carbocycles. The third kappa shape index (κ3) is 5.82. The van der Waals surface area contributed by atoms with Crippen LogP contribution in [0.2, 0.25) is 0 Å². The Kier molecular flexibility index (Phi) is 8.94. The number of aryl methyl sites for hydroxylation is 4. The first-order valence-corrected chi connectivity index (χ1v) is 16.0. The minimum Gasteiger partial charge on any atom is -0.509 e. The smallest absolute Gasteiger partial charge is 0.509 e. The number of benzene rings is 4. The molecule has 0 aliphatic rings. The number of para-hydroxylation sites is 1. The first-order valence-electron chi connectivity index (χ1n) is 16.0. The monoisotopic (exact) mass is 708 g/mol. The Bertz CT molecular complexity index is 2240. The number of aromatic nitrogens is 4. The maximum Gasteiger partial charge on any atom is 2.00 e. The van der Waals surface area contributed by atoms with Gasteiger partial charge < -0.3 is 9.30 Å². The van der Waals surface area contributed by atoms with Crippen LogP contribution in [0.3, 0.4) is 0 Å². The number of rotatable bonds is 7. The molecule has 238 valence electrons. The van der Waals surface area contributed by atoms with Crippen molar-refractivity contribution in [1.29, 1.82) is 0 Å². The van der Waals surface area contributed by atoms with E-state index < -0.39 is 0 Å². The summed E-state index contributed by atoms with van der Waals surface area (Å²) in [5.74, 6) is 2.40. The van der Waals surface area contributed by atoms with E-state index >= 15 is 0 Å². The van der Waals surface area contributed by atoms with E-state index in [0.29, 0.717) is 11.5 Å². The van der Waals surface area contributed by atoms with Gasteiger partial charge >= 0.3 is 20.4 Å². The van der Waals surface area contributed by atoms with Crippen LogP contribution >= 0.6 is 0 Å². The second-order valence-corrected chi connectivity index (χ2v) is 12.5. The van der Waals surface area contributed by atoms with Crippen molar-refractivity contribution < 1.29 is 25.2 Å². The molecule has 0 saturated heterocycles. The average Bonchev–Trinajstić information content (AvgIpc) is 3.54. The molecular weight excluding hydrogens is 671 g/mol. The Labute approximate surface area is 290 Å². The van der Waals surface area contributed by atoms with Crippen LogP contribution in [0.1, 0.15) is 60.3 Å². The SMILES string of the molecule is CCc1c(-c2c(C)cccc2C)c(C)nn1-c1[c-]c(Oc2[c-]c3c(cc2)c2ccccc2n3-c2cc(C)ccn2)cc(C(C)C)c1.[Pd+2]. The van der Waals surface area contributed by atoms with E-state index in [1.165, 1.54) is 27.9 Å². The topological polar surface area (TPSA) is 44.9 Å². The van der Waals surface area contributed by atoms with Crippen molar-refractivity contribution in [3.8, 4) is 34.1 Å². The molecule has 0 aliphatic heterocycles. The molecule has 47 heavy (non-hydrogen) atoms. The van der Waals surface area contributed by atoms with Crippen LogP contribution in [0.4, 0.5) is 0 Å². The zero-order valence-corrected chi connectivity index (χ0v) is 29.4. The van der Waals surface area contributed by atoms with Crippen molar-refractivity contribution >= 4 is 21.8 Å². The van der Waals surface area contributed by atoms with E-state index in [1.54, 1.807) is 0 Å². The summed E-state index contributed by atoms with van der Waals surface area (Å²) in [6.07, 6.45) is 2.69. The van der Waals surface area contributed by atoms with Crippen molar-refractivity contribution in [2.24, 2.45) is 0 Å². The molecule has 0 N–H and O–H groups in total. The van der Waals surface area contributed by atoms with E-state index in [9.17, 15) is 0 Å². The van der Waals surface area contributed by atoms with Gasteiger partial charge in [-0.3, -0.25) is 4.68 Å². The zero-order valence-electron chi connectivity index (χ0n) is 27.9. The molecule has 0 saturated carbocycles. The Balaban J connectivity index is 0.00000386. The molecule has 0 atom stereocenters. The Hall–Kier alpha value is -4.50. The van der Waals surface area contributed by atoms with Crippen LogP contribution in [0.15, 0.2) is 85.1 Å². The fourth-order valence-electron chi connectivity index (χ4n) is 6.62. The zero-order chi connectivity index (χ0) is 32.1. The van der Waals surface area contributed by atoms with Crippen LogP contribution in [-0.2, 0) is 26.8 Å². The molecule has 0 spiro atoms. The fourth-order valence-corrected chi connectivity index (χ4v) is 6.62. The Morgan fingerprint density at radius 2 is 1.55 bits per heavy atom. The summed E-state index contributed by atoms with van der Waals surface area (Å²) in [5.41, 5.74) is 12.4. The molecule has 0 aliphatic carbocycles. The molecule has 0 bridgehead atoms. The van der Waals surface area contributed by atoms with Crippen molar-refractivity contribution in [3.63, 3.8) is 0 Å². The van der Waals surface area contributed by atoms with Gasteiger partial charge in [-0.1, -0.05) is 62.7 Å². The largest absolute Gasteiger partial charge is 2.00 e. The van der Waals surface area contributed by atoms with E-state index in [-0.39, 0.29) is 26.3 Å². The number of nitrogens with zero attached hydrogens (tertiary/aromatic N) is 4. The molecule has 7 aromatic rings. The number of pyridine rings is 1. The van der Waals surface area contributed by atoms with Crippen LogP contribution in [0, 0.1) is 39.8 Å². The summed E-state index contributed by atoms with van der Waals surface area (Å²) in [6, 6.07) is 34.5. The number of ether oxygens (including phenoxy) is 1. The first kappa shape index (κ1) is 32.4. The van der Waals surface area contributed by atoms with Gasteiger partial charge in [-0.05, 0) is 91.6 Å². The van der Waals surface area contributed by atoms with E-state index in [4.69, 9.17) is 14.8 Å². The first-order chi connectivity index (χ1) is 22.2. The maximum absolute atomic E-state index is 6.60. The molecule has 3 aromatic heterocycles. The fraction of sp³-hybridized carbons (Fsp3) is 0.220. The second-order valence-electron chi connectivity index (χ2n) is 12.5. The standard InChI is InChI=1S/C41H38N4O.Pd/c1-8-36-41(40-27(5)12-11-13-28(40)6)29(7)43-45(36)31-21-30(25(2)3)22-33(23-31)46-32-16-17-35-34-14-9-10-15-37(34)44(38(35)24-32)39-20-26(4)18-19-42-39;/h9-22,25H,8H2,1-7H3;/q-2;+2. The Morgan fingerprint density at radius 1 is 0.787 bits per heavy atom. The summed E-state index contributed by atoms with van der Waals surface area (Å²) in [7, 11) is 0. The van der Waals surface area contributed by atoms with Crippen molar-refractivity contribution in [3.05, 3.63) is 131 Å². The van der Waals surface area contributed by atoms with Gasteiger partial charge in [0.05, 0.1) is 5.69 Å². The molecule has 6 heteroatoms. The van der Waals surface area contributed by atoms with Gasteiger partial charge in [0.1, 0.15) is 5.82 Å². The van der Waals surface area contributed by atoms with Crippen molar-refractivity contribution in [1.82, 2.24) is 19.3 Å². The molecule has 0 amide bonds. The molecule has 0 fully saturated rings.